The van der Waals surface area contributed by atoms with E-state index in [1.165, 1.54) is 9.87 Å². The van der Waals surface area contributed by atoms with Gasteiger partial charge in [0.1, 0.15) is 0 Å². The van der Waals surface area contributed by atoms with Crippen LogP contribution >= 0.6 is 11.6 Å². The zero-order valence-electron chi connectivity index (χ0n) is 15.6. The van der Waals surface area contributed by atoms with Gasteiger partial charge in [0.25, 0.3) is 0 Å². The molecule has 2 aromatic rings. The molecule has 0 aliphatic carbocycles. The van der Waals surface area contributed by atoms with Gasteiger partial charge in [-0.15, -0.1) is 0 Å². The molecule has 0 bridgehead atoms. The number of carbonyl (C=O) groups excluding carboxylic acids is 1. The van der Waals surface area contributed by atoms with Crippen molar-refractivity contribution in [3.05, 3.63) is 65.2 Å². The third-order valence-corrected chi connectivity index (χ3v) is 5.76. The molecule has 0 saturated carbocycles. The molecule has 0 spiro atoms. The molecule has 2 rings (SSSR count). The van der Waals surface area contributed by atoms with Crippen LogP contribution in [0, 0.1) is 0 Å². The van der Waals surface area contributed by atoms with Crippen LogP contribution in [0.15, 0.2) is 54.6 Å². The summed E-state index contributed by atoms with van der Waals surface area (Å²) in [6.07, 6.45) is 1.79. The Hall–Kier alpha value is -2.05. The number of nitrogens with one attached hydrogen (secondary N) is 1. The van der Waals surface area contributed by atoms with Crippen LogP contribution in [0.1, 0.15) is 31.2 Å². The highest BCUT2D eigenvalue weighted by Gasteiger charge is 2.19. The van der Waals surface area contributed by atoms with E-state index in [4.69, 9.17) is 11.6 Å². The SMILES string of the molecule is C[C@H](CNC(=O)CCCN(c1ccccc1Cl)S(C)(=O)=O)c1ccccc1. The average Bonchev–Trinajstić information content (AvgIpc) is 2.64. The highest BCUT2D eigenvalue weighted by molar-refractivity contribution is 7.92. The fourth-order valence-corrected chi connectivity index (χ4v) is 4.02. The Balaban J connectivity index is 1.86. The minimum atomic E-state index is -3.48. The average molecular weight is 409 g/mol. The molecule has 0 unspecified atom stereocenters. The normalized spacial score (nSPS) is 12.4. The Bertz CT molecular complexity index is 857. The lowest BCUT2D eigenvalue weighted by atomic mass is 10.0. The molecule has 0 saturated heterocycles. The van der Waals surface area contributed by atoms with Gasteiger partial charge in [-0.2, -0.15) is 0 Å². The first kappa shape index (κ1) is 21.3. The molecule has 1 atom stereocenters. The van der Waals surface area contributed by atoms with Gasteiger partial charge in [-0.05, 0) is 30.0 Å². The van der Waals surface area contributed by atoms with Crippen molar-refractivity contribution in [2.24, 2.45) is 0 Å². The largest absolute Gasteiger partial charge is 0.356 e. The topological polar surface area (TPSA) is 66.5 Å². The number of amides is 1. The number of sulfonamides is 1. The quantitative estimate of drug-likeness (QED) is 0.686. The van der Waals surface area contributed by atoms with Gasteiger partial charge in [0.05, 0.1) is 17.0 Å². The zero-order valence-corrected chi connectivity index (χ0v) is 17.1. The molecule has 27 heavy (non-hydrogen) atoms. The molecule has 0 radical (unpaired) electrons. The van der Waals surface area contributed by atoms with Crippen LogP contribution in [0.2, 0.25) is 5.02 Å². The monoisotopic (exact) mass is 408 g/mol. The summed E-state index contributed by atoms with van der Waals surface area (Å²) in [5.74, 6) is 0.121. The number of hydrogen-bond donors (Lipinski definition) is 1. The highest BCUT2D eigenvalue weighted by atomic mass is 35.5. The van der Waals surface area contributed by atoms with Crippen LogP contribution in [-0.4, -0.2) is 33.7 Å². The van der Waals surface area contributed by atoms with E-state index in [0.29, 0.717) is 23.7 Å². The summed E-state index contributed by atoms with van der Waals surface area (Å²) in [5, 5.41) is 3.28. The fourth-order valence-electron chi connectivity index (χ4n) is 2.76. The van der Waals surface area contributed by atoms with Crippen LogP contribution in [0.3, 0.4) is 0 Å². The summed E-state index contributed by atoms with van der Waals surface area (Å²) in [7, 11) is -3.48. The van der Waals surface area contributed by atoms with Crippen LogP contribution in [-0.2, 0) is 14.8 Å². The Kier molecular flexibility index (Phi) is 7.68. The van der Waals surface area contributed by atoms with Crippen molar-refractivity contribution in [3.8, 4) is 0 Å². The van der Waals surface area contributed by atoms with Gasteiger partial charge in [0, 0.05) is 19.5 Å². The molecule has 0 aliphatic heterocycles. The first-order chi connectivity index (χ1) is 12.8. The molecule has 1 amide bonds. The molecular weight excluding hydrogens is 384 g/mol. The van der Waals surface area contributed by atoms with E-state index in [2.05, 4.69) is 12.2 Å². The predicted molar refractivity (Wildman–Crippen MR) is 111 cm³/mol. The van der Waals surface area contributed by atoms with E-state index < -0.39 is 10.0 Å². The first-order valence-corrected chi connectivity index (χ1v) is 11.1. The number of benzene rings is 2. The lowest BCUT2D eigenvalue weighted by Gasteiger charge is -2.23. The number of halogens is 1. The first-order valence-electron chi connectivity index (χ1n) is 8.83. The second kappa shape index (κ2) is 9.76. The summed E-state index contributed by atoms with van der Waals surface area (Å²) in [5.41, 5.74) is 1.60. The van der Waals surface area contributed by atoms with Crippen LogP contribution in [0.4, 0.5) is 5.69 Å². The van der Waals surface area contributed by atoms with Crippen LogP contribution < -0.4 is 9.62 Å². The van der Waals surface area contributed by atoms with Crippen molar-refractivity contribution >= 4 is 33.2 Å². The van der Waals surface area contributed by atoms with Crippen molar-refractivity contribution in [1.29, 1.82) is 0 Å². The molecule has 7 heteroatoms. The standard InChI is InChI=1S/C20H25ClN2O3S/c1-16(17-9-4-3-5-10-17)15-22-20(24)13-8-14-23(27(2,25)26)19-12-7-6-11-18(19)21/h3-7,9-12,16H,8,13-15H2,1-2H3,(H,22,24)/t16-/m1/s1. The molecule has 5 nitrogen and oxygen atoms in total. The van der Waals surface area contributed by atoms with Gasteiger partial charge in [0.15, 0.2) is 0 Å². The van der Waals surface area contributed by atoms with Gasteiger partial charge in [-0.25, -0.2) is 8.42 Å². The Morgan fingerprint density at radius 1 is 1.11 bits per heavy atom. The van der Waals surface area contributed by atoms with Gasteiger partial charge < -0.3 is 5.32 Å². The van der Waals surface area contributed by atoms with Gasteiger partial charge in [-0.1, -0.05) is 61.0 Å². The van der Waals surface area contributed by atoms with E-state index in [1.54, 1.807) is 24.3 Å². The Morgan fingerprint density at radius 3 is 2.37 bits per heavy atom. The zero-order chi connectivity index (χ0) is 19.9. The van der Waals surface area contributed by atoms with Crippen molar-refractivity contribution in [3.63, 3.8) is 0 Å². The van der Waals surface area contributed by atoms with Crippen LogP contribution in [0.5, 0.6) is 0 Å². The van der Waals surface area contributed by atoms with Crippen molar-refractivity contribution in [2.75, 3.05) is 23.7 Å². The molecule has 1 N–H and O–H groups in total. The maximum atomic E-state index is 12.1. The maximum Gasteiger partial charge on any atom is 0.232 e. The summed E-state index contributed by atoms with van der Waals surface area (Å²) in [6, 6.07) is 16.8. The number of anilines is 1. The molecule has 0 aliphatic rings. The van der Waals surface area contributed by atoms with Crippen molar-refractivity contribution in [1.82, 2.24) is 5.32 Å². The molecule has 2 aromatic carbocycles. The molecule has 0 fully saturated rings. The van der Waals surface area contributed by atoms with Crippen molar-refractivity contribution in [2.45, 2.75) is 25.7 Å². The lowest BCUT2D eigenvalue weighted by Crippen LogP contribution is -2.33. The Morgan fingerprint density at radius 2 is 1.74 bits per heavy atom. The second-order valence-electron chi connectivity index (χ2n) is 6.51. The summed E-state index contributed by atoms with van der Waals surface area (Å²) >= 11 is 6.12. The van der Waals surface area contributed by atoms with E-state index in [-0.39, 0.29) is 24.8 Å². The maximum absolute atomic E-state index is 12.1. The molecule has 0 aromatic heterocycles. The summed E-state index contributed by atoms with van der Waals surface area (Å²) < 4.78 is 25.4. The molecular formula is C20H25ClN2O3S. The number of nitrogens with zero attached hydrogens (tertiary/aromatic N) is 1. The van der Waals surface area contributed by atoms with Gasteiger partial charge in [0.2, 0.25) is 15.9 Å². The Labute approximate surface area is 166 Å². The third kappa shape index (κ3) is 6.56. The minimum Gasteiger partial charge on any atom is -0.356 e. The molecule has 146 valence electrons. The van der Waals surface area contributed by atoms with E-state index in [1.807, 2.05) is 30.3 Å². The second-order valence-corrected chi connectivity index (χ2v) is 8.82. The highest BCUT2D eigenvalue weighted by Crippen LogP contribution is 2.27. The van der Waals surface area contributed by atoms with E-state index in [0.717, 1.165) is 6.26 Å². The number of hydrogen-bond acceptors (Lipinski definition) is 3. The third-order valence-electron chi connectivity index (χ3n) is 4.26. The van der Waals surface area contributed by atoms with Gasteiger partial charge in [-0.3, -0.25) is 9.10 Å². The van der Waals surface area contributed by atoms with E-state index in [9.17, 15) is 13.2 Å². The summed E-state index contributed by atoms with van der Waals surface area (Å²) in [4.78, 5) is 12.1. The molecule has 0 heterocycles. The number of rotatable bonds is 9. The van der Waals surface area contributed by atoms with Crippen molar-refractivity contribution < 1.29 is 13.2 Å². The van der Waals surface area contributed by atoms with Gasteiger partial charge >= 0.3 is 0 Å². The number of carbonyl (C=O) groups is 1. The minimum absolute atomic E-state index is 0.0922. The smallest absolute Gasteiger partial charge is 0.232 e. The summed E-state index contributed by atoms with van der Waals surface area (Å²) in [6.45, 7) is 2.80. The van der Waals surface area contributed by atoms with E-state index >= 15 is 0 Å². The van der Waals surface area contributed by atoms with Crippen LogP contribution in [0.25, 0.3) is 0 Å². The lowest BCUT2D eigenvalue weighted by molar-refractivity contribution is -0.121. The number of para-hydroxylation sites is 1. The fraction of sp³-hybridized carbons (Fsp3) is 0.350. The predicted octanol–water partition coefficient (Wildman–Crippen LogP) is 3.81.